The molecule has 0 aliphatic carbocycles. The molecule has 2 heterocycles. The lowest BCUT2D eigenvalue weighted by atomic mass is 10.0. The van der Waals surface area contributed by atoms with Gasteiger partial charge in [0, 0.05) is 45.8 Å². The second kappa shape index (κ2) is 7.42. The van der Waals surface area contributed by atoms with Crippen LogP contribution in [0.3, 0.4) is 0 Å². The highest BCUT2D eigenvalue weighted by molar-refractivity contribution is 7.99. The summed E-state index contributed by atoms with van der Waals surface area (Å²) in [5, 5.41) is 0.794. The first-order chi connectivity index (χ1) is 12.3. The van der Waals surface area contributed by atoms with Crippen molar-refractivity contribution in [3.05, 3.63) is 36.2 Å². The number of sulfonamides is 1. The van der Waals surface area contributed by atoms with Crippen molar-refractivity contribution in [3.63, 3.8) is 0 Å². The minimum atomic E-state index is -3.48. The van der Waals surface area contributed by atoms with Gasteiger partial charge in [-0.15, -0.1) is 0 Å². The lowest BCUT2D eigenvalue weighted by molar-refractivity contribution is -0.116. The summed E-state index contributed by atoms with van der Waals surface area (Å²) in [5.74, 6) is 0.296. The van der Waals surface area contributed by atoms with Crippen molar-refractivity contribution in [2.24, 2.45) is 7.05 Å². The fourth-order valence-corrected chi connectivity index (χ4v) is 4.66. The van der Waals surface area contributed by atoms with E-state index in [0.717, 1.165) is 29.2 Å². The van der Waals surface area contributed by atoms with Crippen LogP contribution in [0.25, 0.3) is 0 Å². The molecule has 1 aliphatic heterocycles. The van der Waals surface area contributed by atoms with Crippen molar-refractivity contribution in [3.8, 4) is 0 Å². The molecule has 2 aromatic rings. The van der Waals surface area contributed by atoms with E-state index in [1.165, 1.54) is 30.2 Å². The number of thioether (sulfide) groups is 1. The van der Waals surface area contributed by atoms with Gasteiger partial charge in [0.05, 0.1) is 10.6 Å². The first-order valence-corrected chi connectivity index (χ1v) is 10.7. The van der Waals surface area contributed by atoms with E-state index in [1.54, 1.807) is 29.3 Å². The Morgan fingerprint density at radius 1 is 1.35 bits per heavy atom. The van der Waals surface area contributed by atoms with Gasteiger partial charge in [0.15, 0.2) is 5.16 Å². The van der Waals surface area contributed by atoms with E-state index in [9.17, 15) is 13.2 Å². The zero-order chi connectivity index (χ0) is 18.9. The number of hydrogen-bond acceptors (Lipinski definition) is 5. The van der Waals surface area contributed by atoms with E-state index < -0.39 is 10.0 Å². The molecule has 1 aromatic carbocycles. The summed E-state index contributed by atoms with van der Waals surface area (Å²) in [6.45, 7) is 0.646. The second-order valence-electron chi connectivity index (χ2n) is 6.34. The number of aryl methyl sites for hydroxylation is 2. The number of carbonyl (C=O) groups is 1. The fraction of sp³-hybridized carbons (Fsp3) is 0.412. The van der Waals surface area contributed by atoms with Gasteiger partial charge >= 0.3 is 0 Å². The number of anilines is 1. The van der Waals surface area contributed by atoms with Gasteiger partial charge in [-0.1, -0.05) is 11.8 Å². The largest absolute Gasteiger partial charge is 0.329 e. The molecule has 0 saturated heterocycles. The van der Waals surface area contributed by atoms with E-state index in [4.69, 9.17) is 0 Å². The Bertz CT molecular complexity index is 922. The molecule has 0 atom stereocenters. The number of carbonyl (C=O) groups excluding carboxylic acids is 1. The number of imidazole rings is 1. The van der Waals surface area contributed by atoms with Crippen LogP contribution in [0.2, 0.25) is 0 Å². The summed E-state index contributed by atoms with van der Waals surface area (Å²) < 4.78 is 27.7. The van der Waals surface area contributed by atoms with Crippen LogP contribution in [-0.2, 0) is 28.3 Å². The highest BCUT2D eigenvalue weighted by Gasteiger charge is 2.25. The van der Waals surface area contributed by atoms with Gasteiger partial charge in [-0.05, 0) is 36.6 Å². The Kier molecular flexibility index (Phi) is 5.40. The number of benzene rings is 1. The minimum absolute atomic E-state index is 0.00201. The number of nitrogens with zero attached hydrogens (tertiary/aromatic N) is 4. The molecular formula is C17H22N4O3S2. The summed E-state index contributed by atoms with van der Waals surface area (Å²) in [4.78, 5) is 18.9. The van der Waals surface area contributed by atoms with Crippen molar-refractivity contribution in [2.45, 2.75) is 22.9 Å². The summed E-state index contributed by atoms with van der Waals surface area (Å²) in [6, 6.07) is 5.01. The molecule has 0 spiro atoms. The first-order valence-electron chi connectivity index (χ1n) is 8.26. The number of amides is 1. The normalized spacial score (nSPS) is 14.5. The van der Waals surface area contributed by atoms with Gasteiger partial charge in [-0.25, -0.2) is 17.7 Å². The maximum Gasteiger partial charge on any atom is 0.242 e. The fourth-order valence-electron chi connectivity index (χ4n) is 2.90. The van der Waals surface area contributed by atoms with E-state index in [-0.39, 0.29) is 10.8 Å². The van der Waals surface area contributed by atoms with Gasteiger partial charge in [-0.3, -0.25) is 4.79 Å². The van der Waals surface area contributed by atoms with Crippen LogP contribution in [-0.4, -0.2) is 54.6 Å². The topological polar surface area (TPSA) is 75.5 Å². The van der Waals surface area contributed by atoms with Crippen LogP contribution >= 0.6 is 11.8 Å². The quantitative estimate of drug-likeness (QED) is 0.722. The summed E-state index contributed by atoms with van der Waals surface area (Å²) in [7, 11) is 1.44. The van der Waals surface area contributed by atoms with Crippen molar-refractivity contribution in [2.75, 3.05) is 31.3 Å². The standard InChI is InChI=1S/C17H22N4O3S2/c1-19(2)26(23,24)14-6-7-15-13(11-14)5-4-9-21(15)16(22)12-25-17-18-8-10-20(17)3/h6-8,10-11H,4-5,9,12H2,1-3H3. The lowest BCUT2D eigenvalue weighted by Crippen LogP contribution is -2.37. The van der Waals surface area contributed by atoms with E-state index in [1.807, 2.05) is 17.8 Å². The summed E-state index contributed by atoms with van der Waals surface area (Å²) >= 11 is 1.40. The van der Waals surface area contributed by atoms with Crippen LogP contribution < -0.4 is 4.90 Å². The number of fused-ring (bicyclic) bond motifs is 1. The van der Waals surface area contributed by atoms with Crippen molar-refractivity contribution in [1.29, 1.82) is 0 Å². The third-order valence-electron chi connectivity index (χ3n) is 4.35. The van der Waals surface area contributed by atoms with Crippen LogP contribution in [0.5, 0.6) is 0 Å². The predicted octanol–water partition coefficient (Wildman–Crippen LogP) is 1.74. The SMILES string of the molecule is CN(C)S(=O)(=O)c1ccc2c(c1)CCCN2C(=O)CSc1nccn1C. The average molecular weight is 395 g/mol. The minimum Gasteiger partial charge on any atom is -0.329 e. The molecule has 0 bridgehead atoms. The highest BCUT2D eigenvalue weighted by atomic mass is 32.2. The number of aromatic nitrogens is 2. The highest BCUT2D eigenvalue weighted by Crippen LogP contribution is 2.31. The van der Waals surface area contributed by atoms with Gasteiger partial charge in [0.1, 0.15) is 0 Å². The Morgan fingerprint density at radius 3 is 2.77 bits per heavy atom. The Morgan fingerprint density at radius 2 is 2.12 bits per heavy atom. The molecular weight excluding hydrogens is 372 g/mol. The summed E-state index contributed by atoms with van der Waals surface area (Å²) in [6.07, 6.45) is 5.13. The van der Waals surface area contributed by atoms with Crippen molar-refractivity contribution >= 4 is 33.4 Å². The van der Waals surface area contributed by atoms with Gasteiger partial charge in [0.25, 0.3) is 0 Å². The molecule has 0 radical (unpaired) electrons. The Balaban J connectivity index is 1.80. The van der Waals surface area contributed by atoms with Gasteiger partial charge in [-0.2, -0.15) is 0 Å². The molecule has 3 rings (SSSR count). The van der Waals surface area contributed by atoms with Crippen LogP contribution in [0, 0.1) is 0 Å². The van der Waals surface area contributed by atoms with Crippen LogP contribution in [0.15, 0.2) is 40.6 Å². The zero-order valence-electron chi connectivity index (χ0n) is 15.0. The monoisotopic (exact) mass is 394 g/mol. The lowest BCUT2D eigenvalue weighted by Gasteiger charge is -2.30. The maximum absolute atomic E-state index is 12.7. The molecule has 1 amide bonds. The molecule has 0 N–H and O–H groups in total. The first kappa shape index (κ1) is 18.9. The Labute approximate surface area is 158 Å². The van der Waals surface area contributed by atoms with Gasteiger partial charge in [0.2, 0.25) is 15.9 Å². The van der Waals surface area contributed by atoms with E-state index in [2.05, 4.69) is 4.98 Å². The predicted molar refractivity (Wildman–Crippen MR) is 102 cm³/mol. The molecule has 9 heteroatoms. The van der Waals surface area contributed by atoms with Gasteiger partial charge < -0.3 is 9.47 Å². The van der Waals surface area contributed by atoms with Crippen molar-refractivity contribution < 1.29 is 13.2 Å². The zero-order valence-corrected chi connectivity index (χ0v) is 16.7. The molecule has 1 aromatic heterocycles. The third kappa shape index (κ3) is 3.65. The smallest absolute Gasteiger partial charge is 0.242 e. The molecule has 26 heavy (non-hydrogen) atoms. The second-order valence-corrected chi connectivity index (χ2v) is 9.43. The molecule has 7 nitrogen and oxygen atoms in total. The summed E-state index contributed by atoms with van der Waals surface area (Å²) in [5.41, 5.74) is 1.70. The van der Waals surface area contributed by atoms with Crippen LogP contribution in [0.1, 0.15) is 12.0 Å². The molecule has 1 aliphatic rings. The molecule has 0 fully saturated rings. The number of rotatable bonds is 5. The molecule has 140 valence electrons. The van der Waals surface area contributed by atoms with E-state index >= 15 is 0 Å². The Hall–Kier alpha value is -1.84. The van der Waals surface area contributed by atoms with Crippen molar-refractivity contribution in [1.82, 2.24) is 13.9 Å². The molecule has 0 saturated carbocycles. The maximum atomic E-state index is 12.7. The number of hydrogen-bond donors (Lipinski definition) is 0. The van der Waals surface area contributed by atoms with E-state index in [0.29, 0.717) is 12.3 Å². The molecule has 0 unspecified atom stereocenters. The average Bonchev–Trinajstić information content (AvgIpc) is 3.03. The third-order valence-corrected chi connectivity index (χ3v) is 7.20. The van der Waals surface area contributed by atoms with Crippen LogP contribution in [0.4, 0.5) is 5.69 Å².